The van der Waals surface area contributed by atoms with Gasteiger partial charge >= 0.3 is 5.97 Å². The number of aliphatic carboxylic acids is 1. The Labute approximate surface area is 126 Å². The molecule has 0 radical (unpaired) electrons. The second-order valence-electron chi connectivity index (χ2n) is 5.57. The van der Waals surface area contributed by atoms with Gasteiger partial charge in [0.05, 0.1) is 11.0 Å². The predicted molar refractivity (Wildman–Crippen MR) is 83.1 cm³/mol. The van der Waals surface area contributed by atoms with Gasteiger partial charge in [-0.15, -0.1) is 0 Å². The van der Waals surface area contributed by atoms with Crippen molar-refractivity contribution in [1.82, 2.24) is 0 Å². The molecule has 1 unspecified atom stereocenters. The summed E-state index contributed by atoms with van der Waals surface area (Å²) in [6.45, 7) is 4.85. The van der Waals surface area contributed by atoms with Crippen molar-refractivity contribution < 1.29 is 18.3 Å². The fraction of sp³-hybridized carbons (Fsp3) is 0.533. The highest BCUT2D eigenvalue weighted by Gasteiger charge is 2.41. The lowest BCUT2D eigenvalue weighted by Crippen LogP contribution is -2.45. The number of nitrogens with two attached hydrogens (primary N) is 1. The molecule has 0 amide bonds. The summed E-state index contributed by atoms with van der Waals surface area (Å²) in [4.78, 5) is 11.8. The quantitative estimate of drug-likeness (QED) is 0.795. The van der Waals surface area contributed by atoms with Crippen molar-refractivity contribution in [2.24, 2.45) is 5.73 Å². The number of aryl methyl sites for hydroxylation is 1. The zero-order chi connectivity index (χ0) is 16.3. The van der Waals surface area contributed by atoms with Gasteiger partial charge in [-0.2, -0.15) is 0 Å². The topological polar surface area (TPSA) is 97.5 Å². The van der Waals surface area contributed by atoms with Crippen LogP contribution in [0.5, 0.6) is 0 Å². The fourth-order valence-electron chi connectivity index (χ4n) is 2.32. The Bertz CT molecular complexity index is 610. The third kappa shape index (κ3) is 3.63. The van der Waals surface area contributed by atoms with Crippen LogP contribution in [-0.2, 0) is 20.0 Å². The molecule has 0 aliphatic heterocycles. The molecule has 1 aromatic carbocycles. The highest BCUT2D eigenvalue weighted by molar-refractivity contribution is 7.91. The number of carbonyl (C=O) groups is 1. The Hall–Kier alpha value is -1.40. The van der Waals surface area contributed by atoms with Crippen LogP contribution in [0.4, 0.5) is 0 Å². The van der Waals surface area contributed by atoms with Crippen LogP contribution in [0, 0.1) is 6.92 Å². The lowest BCUT2D eigenvalue weighted by atomic mass is 9.76. The predicted octanol–water partition coefficient (Wildman–Crippen LogP) is 1.49. The van der Waals surface area contributed by atoms with Gasteiger partial charge < -0.3 is 10.8 Å². The van der Waals surface area contributed by atoms with Crippen LogP contribution in [0.2, 0.25) is 0 Å². The highest BCUT2D eigenvalue weighted by atomic mass is 32.2. The average Bonchev–Trinajstić information content (AvgIpc) is 2.41. The van der Waals surface area contributed by atoms with Crippen LogP contribution in [0.1, 0.15) is 31.4 Å². The summed E-state index contributed by atoms with van der Waals surface area (Å²) in [7, 11) is -3.31. The zero-order valence-corrected chi connectivity index (χ0v) is 13.5. The summed E-state index contributed by atoms with van der Waals surface area (Å²) in [5.41, 5.74) is 5.75. The zero-order valence-electron chi connectivity index (χ0n) is 12.7. The van der Waals surface area contributed by atoms with E-state index in [1.807, 2.05) is 6.07 Å². The summed E-state index contributed by atoms with van der Waals surface area (Å²) in [6, 6.07) is 7.07. The number of rotatable bonds is 7. The van der Waals surface area contributed by atoms with E-state index in [2.05, 4.69) is 0 Å². The van der Waals surface area contributed by atoms with Crippen LogP contribution in [0.15, 0.2) is 24.3 Å². The van der Waals surface area contributed by atoms with Crippen LogP contribution < -0.4 is 5.73 Å². The van der Waals surface area contributed by atoms with Crippen molar-refractivity contribution in [3.05, 3.63) is 35.4 Å². The Morgan fingerprint density at radius 1 is 1.33 bits per heavy atom. The summed E-state index contributed by atoms with van der Waals surface area (Å²) < 4.78 is 24.0. The normalized spacial score (nSPS) is 14.9. The minimum Gasteiger partial charge on any atom is -0.481 e. The summed E-state index contributed by atoms with van der Waals surface area (Å²) in [5.74, 6) is -1.28. The van der Waals surface area contributed by atoms with E-state index in [0.717, 1.165) is 5.56 Å². The first-order valence-corrected chi connectivity index (χ1v) is 8.60. The van der Waals surface area contributed by atoms with E-state index >= 15 is 0 Å². The molecule has 118 valence electrons. The SMILES string of the molecule is Cc1ccccc1C(CN)(CCS(=O)(=O)C(C)C)C(=O)O. The van der Waals surface area contributed by atoms with E-state index in [9.17, 15) is 18.3 Å². The smallest absolute Gasteiger partial charge is 0.315 e. The minimum absolute atomic E-state index is 0.0236. The van der Waals surface area contributed by atoms with Crippen molar-refractivity contribution in [2.75, 3.05) is 12.3 Å². The number of carboxylic acids is 1. The standard InChI is InChI=1S/C15H23NO4S/c1-11(2)21(19,20)9-8-15(10-16,14(17)18)13-7-5-4-6-12(13)3/h4-7,11H,8-10,16H2,1-3H3,(H,17,18). The molecule has 1 rings (SSSR count). The number of benzene rings is 1. The van der Waals surface area contributed by atoms with Crippen molar-refractivity contribution in [3.8, 4) is 0 Å². The molecule has 0 fully saturated rings. The second-order valence-corrected chi connectivity index (χ2v) is 8.25. The Kier molecular flexibility index (Phi) is 5.53. The van der Waals surface area contributed by atoms with Gasteiger partial charge in [0.15, 0.2) is 9.84 Å². The first kappa shape index (κ1) is 17.7. The summed E-state index contributed by atoms with van der Waals surface area (Å²) >= 11 is 0. The molecule has 3 N–H and O–H groups in total. The van der Waals surface area contributed by atoms with Crippen molar-refractivity contribution in [1.29, 1.82) is 0 Å². The van der Waals surface area contributed by atoms with Gasteiger partial charge in [0, 0.05) is 6.54 Å². The molecule has 21 heavy (non-hydrogen) atoms. The molecule has 0 aliphatic rings. The van der Waals surface area contributed by atoms with E-state index in [0.29, 0.717) is 5.56 Å². The molecule has 0 bridgehead atoms. The lowest BCUT2D eigenvalue weighted by molar-refractivity contribution is -0.143. The Morgan fingerprint density at radius 2 is 1.90 bits per heavy atom. The average molecular weight is 313 g/mol. The number of hydrogen-bond acceptors (Lipinski definition) is 4. The molecule has 6 heteroatoms. The molecule has 1 atom stereocenters. The second kappa shape index (κ2) is 6.58. The molecule has 5 nitrogen and oxygen atoms in total. The molecule has 0 spiro atoms. The largest absolute Gasteiger partial charge is 0.481 e. The number of sulfone groups is 1. The maximum atomic E-state index is 12.0. The summed E-state index contributed by atoms with van der Waals surface area (Å²) in [5, 5.41) is 9.13. The van der Waals surface area contributed by atoms with Gasteiger partial charge in [-0.05, 0) is 38.3 Å². The molecule has 0 heterocycles. The lowest BCUT2D eigenvalue weighted by Gasteiger charge is -2.30. The van der Waals surface area contributed by atoms with E-state index in [1.54, 1.807) is 39.0 Å². The van der Waals surface area contributed by atoms with Crippen LogP contribution in [-0.4, -0.2) is 37.0 Å². The highest BCUT2D eigenvalue weighted by Crippen LogP contribution is 2.31. The molecular formula is C15H23NO4S. The Balaban J connectivity index is 3.24. The van der Waals surface area contributed by atoms with Crippen molar-refractivity contribution >= 4 is 15.8 Å². The summed E-state index contributed by atoms with van der Waals surface area (Å²) in [6.07, 6.45) is -0.0236. The van der Waals surface area contributed by atoms with Gasteiger partial charge in [0.25, 0.3) is 0 Å². The van der Waals surface area contributed by atoms with Gasteiger partial charge in [-0.1, -0.05) is 24.3 Å². The van der Waals surface area contributed by atoms with Crippen molar-refractivity contribution in [3.63, 3.8) is 0 Å². The van der Waals surface area contributed by atoms with Crippen LogP contribution in [0.25, 0.3) is 0 Å². The van der Waals surface area contributed by atoms with E-state index in [4.69, 9.17) is 5.73 Å². The first-order chi connectivity index (χ1) is 9.67. The van der Waals surface area contributed by atoms with E-state index < -0.39 is 26.5 Å². The van der Waals surface area contributed by atoms with Crippen molar-refractivity contribution in [2.45, 2.75) is 37.9 Å². The molecule has 0 saturated heterocycles. The fourth-order valence-corrected chi connectivity index (χ4v) is 3.42. The molecule has 0 aromatic heterocycles. The molecular weight excluding hydrogens is 290 g/mol. The Morgan fingerprint density at radius 3 is 2.33 bits per heavy atom. The van der Waals surface area contributed by atoms with Crippen LogP contribution in [0.3, 0.4) is 0 Å². The first-order valence-electron chi connectivity index (χ1n) is 6.88. The molecule has 0 saturated carbocycles. The molecule has 0 aliphatic carbocycles. The van der Waals surface area contributed by atoms with Gasteiger partial charge in [0.1, 0.15) is 5.41 Å². The van der Waals surface area contributed by atoms with Gasteiger partial charge in [0.2, 0.25) is 0 Å². The number of carboxylic acid groups (broad SMARTS) is 1. The monoisotopic (exact) mass is 313 g/mol. The third-order valence-corrected chi connectivity index (χ3v) is 6.16. The maximum absolute atomic E-state index is 12.0. The van der Waals surface area contributed by atoms with E-state index in [-0.39, 0.29) is 18.7 Å². The number of hydrogen-bond donors (Lipinski definition) is 2. The third-order valence-electron chi connectivity index (χ3n) is 3.95. The molecule has 1 aromatic rings. The minimum atomic E-state index is -3.31. The van der Waals surface area contributed by atoms with E-state index in [1.165, 1.54) is 0 Å². The van der Waals surface area contributed by atoms with Gasteiger partial charge in [-0.25, -0.2) is 8.42 Å². The van der Waals surface area contributed by atoms with Gasteiger partial charge in [-0.3, -0.25) is 4.79 Å². The maximum Gasteiger partial charge on any atom is 0.315 e. The van der Waals surface area contributed by atoms with Crippen LogP contribution >= 0.6 is 0 Å².